The Morgan fingerprint density at radius 1 is 1.20 bits per heavy atom. The highest BCUT2D eigenvalue weighted by Gasteiger charge is 2.12. The zero-order chi connectivity index (χ0) is 14.7. The Kier molecular flexibility index (Phi) is 4.45. The average molecular weight is 333 g/mol. The minimum Gasteiger partial charge on any atom is -0.399 e. The molecule has 104 valence electrons. The van der Waals surface area contributed by atoms with Crippen molar-refractivity contribution in [2.24, 2.45) is 0 Å². The highest BCUT2D eigenvalue weighted by Crippen LogP contribution is 2.18. The molecule has 3 nitrogen and oxygen atoms in total. The van der Waals surface area contributed by atoms with E-state index in [1.807, 2.05) is 50.2 Å². The van der Waals surface area contributed by atoms with Crippen LogP contribution in [0.25, 0.3) is 0 Å². The number of rotatable bonds is 3. The molecule has 2 aromatic carbocycles. The summed E-state index contributed by atoms with van der Waals surface area (Å²) in [6, 6.07) is 13.2. The summed E-state index contributed by atoms with van der Waals surface area (Å²) in [7, 11) is 0. The van der Waals surface area contributed by atoms with Gasteiger partial charge in [0.05, 0.1) is 6.04 Å². The van der Waals surface area contributed by atoms with Gasteiger partial charge in [-0.3, -0.25) is 4.79 Å². The first-order valence-electron chi connectivity index (χ1n) is 6.39. The Bertz CT molecular complexity index is 603. The van der Waals surface area contributed by atoms with E-state index in [0.717, 1.165) is 15.6 Å². The van der Waals surface area contributed by atoms with Gasteiger partial charge >= 0.3 is 0 Å². The molecule has 0 aliphatic rings. The molecular weight excluding hydrogens is 316 g/mol. The van der Waals surface area contributed by atoms with E-state index < -0.39 is 0 Å². The van der Waals surface area contributed by atoms with E-state index in [-0.39, 0.29) is 11.9 Å². The molecule has 0 aromatic heterocycles. The molecule has 1 amide bonds. The van der Waals surface area contributed by atoms with Gasteiger partial charge in [-0.2, -0.15) is 0 Å². The largest absolute Gasteiger partial charge is 0.399 e. The van der Waals surface area contributed by atoms with Crippen molar-refractivity contribution in [3.63, 3.8) is 0 Å². The Balaban J connectivity index is 2.12. The van der Waals surface area contributed by atoms with E-state index in [1.165, 1.54) is 0 Å². The molecule has 0 fully saturated rings. The number of nitrogens with one attached hydrogen (secondary N) is 1. The summed E-state index contributed by atoms with van der Waals surface area (Å²) in [5.41, 5.74) is 9.00. The van der Waals surface area contributed by atoms with Gasteiger partial charge in [-0.25, -0.2) is 0 Å². The second kappa shape index (κ2) is 6.09. The van der Waals surface area contributed by atoms with Gasteiger partial charge < -0.3 is 11.1 Å². The number of hydrogen-bond acceptors (Lipinski definition) is 2. The highest BCUT2D eigenvalue weighted by atomic mass is 79.9. The summed E-state index contributed by atoms with van der Waals surface area (Å²) < 4.78 is 1.02. The van der Waals surface area contributed by atoms with Gasteiger partial charge in [0.25, 0.3) is 5.91 Å². The lowest BCUT2D eigenvalue weighted by molar-refractivity contribution is 0.0940. The lowest BCUT2D eigenvalue weighted by Gasteiger charge is -2.15. The fraction of sp³-hybridized carbons (Fsp3) is 0.188. The third-order valence-electron chi connectivity index (χ3n) is 3.08. The molecule has 0 bridgehead atoms. The topological polar surface area (TPSA) is 55.1 Å². The van der Waals surface area contributed by atoms with E-state index in [1.54, 1.807) is 6.07 Å². The minimum atomic E-state index is -0.115. The molecule has 2 aromatic rings. The second-order valence-corrected chi connectivity index (χ2v) is 5.79. The van der Waals surface area contributed by atoms with Crippen LogP contribution in [0.2, 0.25) is 0 Å². The molecule has 0 saturated heterocycles. The van der Waals surface area contributed by atoms with Crippen molar-refractivity contribution in [1.82, 2.24) is 5.32 Å². The summed E-state index contributed by atoms with van der Waals surface area (Å²) >= 11 is 3.40. The molecule has 0 radical (unpaired) electrons. The summed E-state index contributed by atoms with van der Waals surface area (Å²) in [6.07, 6.45) is 0. The number of anilines is 1. The number of benzene rings is 2. The normalized spacial score (nSPS) is 11.9. The first-order valence-corrected chi connectivity index (χ1v) is 7.18. The van der Waals surface area contributed by atoms with Crippen LogP contribution in [0, 0.1) is 6.92 Å². The molecule has 0 aliphatic heterocycles. The van der Waals surface area contributed by atoms with Crippen LogP contribution in [-0.4, -0.2) is 5.91 Å². The first-order chi connectivity index (χ1) is 9.45. The molecular formula is C16H17BrN2O. The van der Waals surface area contributed by atoms with Crippen LogP contribution in [0.15, 0.2) is 46.9 Å². The van der Waals surface area contributed by atoms with E-state index in [4.69, 9.17) is 5.73 Å². The van der Waals surface area contributed by atoms with E-state index >= 15 is 0 Å². The first kappa shape index (κ1) is 14.6. The van der Waals surface area contributed by atoms with Gasteiger partial charge in [0.1, 0.15) is 0 Å². The maximum atomic E-state index is 12.2. The van der Waals surface area contributed by atoms with Crippen LogP contribution in [0.3, 0.4) is 0 Å². The number of amides is 1. The molecule has 3 N–H and O–H groups in total. The van der Waals surface area contributed by atoms with E-state index in [2.05, 4.69) is 21.2 Å². The minimum absolute atomic E-state index is 0.0580. The number of halogens is 1. The van der Waals surface area contributed by atoms with Crippen LogP contribution >= 0.6 is 15.9 Å². The lowest BCUT2D eigenvalue weighted by atomic mass is 10.1. The predicted octanol–water partition coefficient (Wildman–Crippen LogP) is 3.83. The van der Waals surface area contributed by atoms with Gasteiger partial charge in [-0.1, -0.05) is 28.1 Å². The number of carbonyl (C=O) groups is 1. The molecule has 4 heteroatoms. The second-order valence-electron chi connectivity index (χ2n) is 4.88. The van der Waals surface area contributed by atoms with Crippen molar-refractivity contribution in [2.75, 3.05) is 5.73 Å². The van der Waals surface area contributed by atoms with Gasteiger partial charge in [0, 0.05) is 15.7 Å². The van der Waals surface area contributed by atoms with Crippen LogP contribution in [0.1, 0.15) is 34.5 Å². The Morgan fingerprint density at radius 2 is 1.85 bits per heavy atom. The quantitative estimate of drug-likeness (QED) is 0.839. The molecule has 0 aliphatic carbocycles. The maximum Gasteiger partial charge on any atom is 0.251 e. The highest BCUT2D eigenvalue weighted by molar-refractivity contribution is 9.10. The van der Waals surface area contributed by atoms with Crippen molar-refractivity contribution in [3.05, 3.63) is 63.6 Å². The zero-order valence-corrected chi connectivity index (χ0v) is 13.1. The summed E-state index contributed by atoms with van der Waals surface area (Å²) in [5, 5.41) is 2.98. The van der Waals surface area contributed by atoms with Crippen LogP contribution in [-0.2, 0) is 0 Å². The maximum absolute atomic E-state index is 12.2. The van der Waals surface area contributed by atoms with Crippen molar-refractivity contribution in [2.45, 2.75) is 19.9 Å². The number of carbonyl (C=O) groups excluding carboxylic acids is 1. The third-order valence-corrected chi connectivity index (χ3v) is 3.61. The predicted molar refractivity (Wildman–Crippen MR) is 85.6 cm³/mol. The van der Waals surface area contributed by atoms with Crippen molar-refractivity contribution >= 4 is 27.5 Å². The van der Waals surface area contributed by atoms with Crippen molar-refractivity contribution < 1.29 is 4.79 Å². The number of aryl methyl sites for hydroxylation is 1. The van der Waals surface area contributed by atoms with Gasteiger partial charge in [-0.15, -0.1) is 0 Å². The van der Waals surface area contributed by atoms with Gasteiger partial charge in [0.2, 0.25) is 0 Å². The van der Waals surface area contributed by atoms with Crippen LogP contribution in [0.5, 0.6) is 0 Å². The SMILES string of the molecule is Cc1cc(N)cc(C(=O)NC(C)c2ccc(Br)cc2)c1. The molecule has 0 spiro atoms. The van der Waals surface area contributed by atoms with Gasteiger partial charge in [0.15, 0.2) is 0 Å². The molecule has 0 saturated carbocycles. The molecule has 2 rings (SSSR count). The summed E-state index contributed by atoms with van der Waals surface area (Å²) in [6.45, 7) is 3.88. The molecule has 1 unspecified atom stereocenters. The molecule has 0 heterocycles. The average Bonchev–Trinajstić information content (AvgIpc) is 2.38. The van der Waals surface area contributed by atoms with Gasteiger partial charge in [-0.05, 0) is 55.3 Å². The smallest absolute Gasteiger partial charge is 0.251 e. The number of nitrogens with two attached hydrogens (primary N) is 1. The molecule has 20 heavy (non-hydrogen) atoms. The Morgan fingerprint density at radius 3 is 2.45 bits per heavy atom. The monoisotopic (exact) mass is 332 g/mol. The summed E-state index contributed by atoms with van der Waals surface area (Å²) in [4.78, 5) is 12.2. The van der Waals surface area contributed by atoms with Crippen molar-refractivity contribution in [1.29, 1.82) is 0 Å². The number of nitrogen functional groups attached to an aromatic ring is 1. The van der Waals surface area contributed by atoms with Crippen molar-refractivity contribution in [3.8, 4) is 0 Å². The van der Waals surface area contributed by atoms with E-state index in [0.29, 0.717) is 11.3 Å². The van der Waals surface area contributed by atoms with E-state index in [9.17, 15) is 4.79 Å². The third kappa shape index (κ3) is 3.61. The van der Waals surface area contributed by atoms with Crippen LogP contribution in [0.4, 0.5) is 5.69 Å². The number of hydrogen-bond donors (Lipinski definition) is 2. The molecule has 1 atom stereocenters. The lowest BCUT2D eigenvalue weighted by Crippen LogP contribution is -2.26. The fourth-order valence-corrected chi connectivity index (χ4v) is 2.32. The van der Waals surface area contributed by atoms with Crippen LogP contribution < -0.4 is 11.1 Å². The summed E-state index contributed by atoms with van der Waals surface area (Å²) in [5.74, 6) is -0.115. The Hall–Kier alpha value is -1.81. The standard InChI is InChI=1S/C16H17BrN2O/c1-10-7-13(9-15(18)8-10)16(20)19-11(2)12-3-5-14(17)6-4-12/h3-9,11H,18H2,1-2H3,(H,19,20). The zero-order valence-electron chi connectivity index (χ0n) is 11.5. The Labute approximate surface area is 127 Å². The fourth-order valence-electron chi connectivity index (χ4n) is 2.06.